The molecule has 0 heterocycles. The summed E-state index contributed by atoms with van der Waals surface area (Å²) < 4.78 is 5.14. The Bertz CT molecular complexity index is 438. The molecule has 0 saturated heterocycles. The first-order valence-corrected chi connectivity index (χ1v) is 6.29. The molecule has 0 spiro atoms. The van der Waals surface area contributed by atoms with Crippen molar-refractivity contribution in [1.82, 2.24) is 0 Å². The summed E-state index contributed by atoms with van der Waals surface area (Å²) in [5.74, 6) is -0.201. The average molecular weight is 249 g/mol. The van der Waals surface area contributed by atoms with Crippen molar-refractivity contribution >= 4 is 11.7 Å². The maximum absolute atomic E-state index is 12.0. The molecule has 100 valence electrons. The van der Waals surface area contributed by atoms with Crippen LogP contribution in [0.1, 0.15) is 31.9 Å². The van der Waals surface area contributed by atoms with Crippen LogP contribution in [0.15, 0.2) is 18.2 Å². The van der Waals surface area contributed by atoms with Crippen LogP contribution in [-0.2, 0) is 9.53 Å². The quantitative estimate of drug-likeness (QED) is 0.768. The molecule has 0 atom stereocenters. The van der Waals surface area contributed by atoms with Crippen molar-refractivity contribution in [2.75, 3.05) is 18.6 Å². The number of benzene rings is 1. The first-order valence-electron chi connectivity index (χ1n) is 6.29. The normalized spacial score (nSPS) is 11.2. The lowest BCUT2D eigenvalue weighted by atomic mass is 10.0. The minimum Gasteiger partial charge on any atom is -0.464 e. The Morgan fingerprint density at radius 1 is 1.33 bits per heavy atom. The van der Waals surface area contributed by atoms with Crippen LogP contribution in [0.2, 0.25) is 0 Å². The first-order chi connectivity index (χ1) is 8.30. The van der Waals surface area contributed by atoms with Crippen molar-refractivity contribution < 1.29 is 9.53 Å². The molecule has 0 bridgehead atoms. The molecular weight excluding hydrogens is 226 g/mol. The highest BCUT2D eigenvalue weighted by molar-refractivity contribution is 5.84. The number of ether oxygens (including phenoxy) is 1. The standard InChI is InChI=1S/C15H23NO2/c1-7-18-14(17)15(4,5)16(6)13-10-11(2)8-9-12(13)3/h8-10H,7H2,1-6H3. The van der Waals surface area contributed by atoms with E-state index >= 15 is 0 Å². The molecule has 3 nitrogen and oxygen atoms in total. The predicted octanol–water partition coefficient (Wildman–Crippen LogP) is 3.08. The highest BCUT2D eigenvalue weighted by atomic mass is 16.5. The first kappa shape index (κ1) is 14.6. The van der Waals surface area contributed by atoms with Crippen LogP contribution in [0, 0.1) is 13.8 Å². The fraction of sp³-hybridized carbons (Fsp3) is 0.533. The van der Waals surface area contributed by atoms with Gasteiger partial charge in [0.25, 0.3) is 0 Å². The van der Waals surface area contributed by atoms with Gasteiger partial charge in [0.05, 0.1) is 6.61 Å². The van der Waals surface area contributed by atoms with Crippen molar-refractivity contribution in [1.29, 1.82) is 0 Å². The zero-order chi connectivity index (χ0) is 13.9. The molecule has 0 N–H and O–H groups in total. The van der Waals surface area contributed by atoms with E-state index in [1.807, 2.05) is 46.6 Å². The maximum atomic E-state index is 12.0. The van der Waals surface area contributed by atoms with Gasteiger partial charge >= 0.3 is 5.97 Å². The zero-order valence-electron chi connectivity index (χ0n) is 12.2. The monoisotopic (exact) mass is 249 g/mol. The summed E-state index contributed by atoms with van der Waals surface area (Å²) in [6.07, 6.45) is 0. The van der Waals surface area contributed by atoms with Gasteiger partial charge in [-0.3, -0.25) is 0 Å². The molecule has 0 aliphatic carbocycles. The van der Waals surface area contributed by atoms with Gasteiger partial charge < -0.3 is 9.64 Å². The number of nitrogens with zero attached hydrogens (tertiary/aromatic N) is 1. The number of hydrogen-bond acceptors (Lipinski definition) is 3. The Kier molecular flexibility index (Phi) is 4.38. The number of aryl methyl sites for hydroxylation is 2. The predicted molar refractivity (Wildman–Crippen MR) is 75.0 cm³/mol. The molecule has 0 saturated carbocycles. The summed E-state index contributed by atoms with van der Waals surface area (Å²) >= 11 is 0. The van der Waals surface area contributed by atoms with Gasteiger partial charge in [-0.1, -0.05) is 12.1 Å². The van der Waals surface area contributed by atoms with Crippen molar-refractivity contribution in [3.63, 3.8) is 0 Å². The van der Waals surface area contributed by atoms with E-state index < -0.39 is 5.54 Å². The number of anilines is 1. The molecule has 3 heteroatoms. The van der Waals surface area contributed by atoms with E-state index in [0.29, 0.717) is 6.61 Å². The van der Waals surface area contributed by atoms with Crippen LogP contribution in [0.4, 0.5) is 5.69 Å². The molecule has 18 heavy (non-hydrogen) atoms. The lowest BCUT2D eigenvalue weighted by molar-refractivity contribution is -0.148. The molecule has 0 aliphatic heterocycles. The van der Waals surface area contributed by atoms with Crippen molar-refractivity contribution in [2.24, 2.45) is 0 Å². The van der Waals surface area contributed by atoms with Crippen LogP contribution in [0.5, 0.6) is 0 Å². The molecule has 0 radical (unpaired) electrons. The number of hydrogen-bond donors (Lipinski definition) is 0. The Hall–Kier alpha value is -1.51. The molecular formula is C15H23NO2. The molecule has 1 aromatic carbocycles. The minimum absolute atomic E-state index is 0.201. The third kappa shape index (κ3) is 2.84. The summed E-state index contributed by atoms with van der Waals surface area (Å²) in [5, 5.41) is 0. The van der Waals surface area contributed by atoms with Gasteiger partial charge in [0.2, 0.25) is 0 Å². The van der Waals surface area contributed by atoms with Gasteiger partial charge in [-0.2, -0.15) is 0 Å². The van der Waals surface area contributed by atoms with Crippen molar-refractivity contribution in [3.8, 4) is 0 Å². The second-order valence-electron chi connectivity index (χ2n) is 5.13. The Labute approximate surface area is 110 Å². The lowest BCUT2D eigenvalue weighted by Gasteiger charge is -2.36. The van der Waals surface area contributed by atoms with Crippen molar-refractivity contribution in [3.05, 3.63) is 29.3 Å². The Balaban J connectivity index is 3.08. The molecule has 0 amide bonds. The number of likely N-dealkylation sites (N-methyl/N-ethyl adjacent to an activating group) is 1. The molecule has 1 aromatic rings. The molecule has 0 aliphatic rings. The van der Waals surface area contributed by atoms with E-state index in [4.69, 9.17) is 4.74 Å². The van der Waals surface area contributed by atoms with Gasteiger partial charge in [-0.25, -0.2) is 4.79 Å². The number of esters is 1. The van der Waals surface area contributed by atoms with Gasteiger partial charge in [0.15, 0.2) is 0 Å². The van der Waals surface area contributed by atoms with Crippen LogP contribution < -0.4 is 4.90 Å². The van der Waals surface area contributed by atoms with Crippen LogP contribution in [0.25, 0.3) is 0 Å². The number of rotatable bonds is 4. The summed E-state index contributed by atoms with van der Waals surface area (Å²) in [4.78, 5) is 14.0. The van der Waals surface area contributed by atoms with E-state index in [1.165, 1.54) is 5.56 Å². The van der Waals surface area contributed by atoms with E-state index in [9.17, 15) is 4.79 Å². The minimum atomic E-state index is -0.672. The Morgan fingerprint density at radius 2 is 1.94 bits per heavy atom. The highest BCUT2D eigenvalue weighted by Crippen LogP contribution is 2.27. The second-order valence-corrected chi connectivity index (χ2v) is 5.13. The fourth-order valence-corrected chi connectivity index (χ4v) is 1.83. The SMILES string of the molecule is CCOC(=O)C(C)(C)N(C)c1cc(C)ccc1C. The topological polar surface area (TPSA) is 29.5 Å². The van der Waals surface area contributed by atoms with Crippen molar-refractivity contribution in [2.45, 2.75) is 40.2 Å². The van der Waals surface area contributed by atoms with Gasteiger partial charge in [0, 0.05) is 12.7 Å². The number of carbonyl (C=O) groups is 1. The van der Waals surface area contributed by atoms with Crippen LogP contribution in [-0.4, -0.2) is 25.2 Å². The Morgan fingerprint density at radius 3 is 2.50 bits per heavy atom. The molecule has 1 rings (SSSR count). The number of carbonyl (C=O) groups excluding carboxylic acids is 1. The third-order valence-electron chi connectivity index (χ3n) is 3.34. The van der Waals surface area contributed by atoms with E-state index in [1.54, 1.807) is 0 Å². The zero-order valence-corrected chi connectivity index (χ0v) is 12.2. The lowest BCUT2D eigenvalue weighted by Crippen LogP contribution is -2.49. The fourth-order valence-electron chi connectivity index (χ4n) is 1.83. The van der Waals surface area contributed by atoms with Gasteiger partial charge in [-0.15, -0.1) is 0 Å². The third-order valence-corrected chi connectivity index (χ3v) is 3.34. The summed E-state index contributed by atoms with van der Waals surface area (Å²) in [7, 11) is 1.93. The van der Waals surface area contributed by atoms with E-state index in [-0.39, 0.29) is 5.97 Å². The molecule has 0 unspecified atom stereocenters. The smallest absolute Gasteiger partial charge is 0.331 e. The van der Waals surface area contributed by atoms with E-state index in [2.05, 4.69) is 18.2 Å². The molecule has 0 fully saturated rings. The summed E-state index contributed by atoms with van der Waals surface area (Å²) in [6.45, 7) is 10.1. The average Bonchev–Trinajstić information content (AvgIpc) is 2.31. The maximum Gasteiger partial charge on any atom is 0.331 e. The second kappa shape index (κ2) is 5.42. The van der Waals surface area contributed by atoms with Gasteiger partial charge in [0.1, 0.15) is 5.54 Å². The van der Waals surface area contributed by atoms with E-state index in [0.717, 1.165) is 11.3 Å². The van der Waals surface area contributed by atoms with Crippen LogP contribution in [0.3, 0.4) is 0 Å². The summed E-state index contributed by atoms with van der Waals surface area (Å²) in [5.41, 5.74) is 2.73. The van der Waals surface area contributed by atoms with Crippen LogP contribution >= 0.6 is 0 Å². The summed E-state index contributed by atoms with van der Waals surface area (Å²) in [6, 6.07) is 6.24. The largest absolute Gasteiger partial charge is 0.464 e. The van der Waals surface area contributed by atoms with Gasteiger partial charge in [-0.05, 0) is 51.8 Å². The highest BCUT2D eigenvalue weighted by Gasteiger charge is 2.34. The molecule has 0 aromatic heterocycles.